The van der Waals surface area contributed by atoms with Gasteiger partial charge < -0.3 is 10.0 Å². The van der Waals surface area contributed by atoms with Crippen LogP contribution in [0.25, 0.3) is 0 Å². The monoisotopic (exact) mass is 265 g/mol. The molecule has 1 aromatic rings. The predicted molar refractivity (Wildman–Crippen MR) is 77.0 cm³/mol. The zero-order valence-corrected chi connectivity index (χ0v) is 12.1. The highest BCUT2D eigenvalue weighted by atomic mass is 19.1. The Kier molecular flexibility index (Phi) is 4.46. The van der Waals surface area contributed by atoms with Crippen molar-refractivity contribution in [2.45, 2.75) is 46.1 Å². The van der Waals surface area contributed by atoms with Crippen LogP contribution < -0.4 is 4.90 Å². The first-order valence-electron chi connectivity index (χ1n) is 7.26. The van der Waals surface area contributed by atoms with Gasteiger partial charge in [-0.05, 0) is 50.3 Å². The number of aliphatic hydroxyl groups is 1. The van der Waals surface area contributed by atoms with Crippen LogP contribution in [-0.2, 0) is 0 Å². The number of benzene rings is 1. The summed E-state index contributed by atoms with van der Waals surface area (Å²) in [6.07, 6.45) is 3.00. The molecule has 2 nitrogen and oxygen atoms in total. The summed E-state index contributed by atoms with van der Waals surface area (Å²) in [7, 11) is 0. The molecule has 0 bridgehead atoms. The first-order valence-corrected chi connectivity index (χ1v) is 7.26. The summed E-state index contributed by atoms with van der Waals surface area (Å²) in [6, 6.07) is 3.38. The van der Waals surface area contributed by atoms with Crippen LogP contribution in [-0.4, -0.2) is 18.2 Å². The maximum Gasteiger partial charge on any atom is 0.126 e. The highest BCUT2D eigenvalue weighted by molar-refractivity contribution is 5.57. The molecule has 0 spiro atoms. The average molecular weight is 265 g/mol. The van der Waals surface area contributed by atoms with E-state index in [1.54, 1.807) is 13.8 Å². The number of anilines is 1. The molecule has 0 radical (unpaired) electrons. The van der Waals surface area contributed by atoms with Crippen molar-refractivity contribution in [1.82, 2.24) is 0 Å². The van der Waals surface area contributed by atoms with Gasteiger partial charge >= 0.3 is 0 Å². The summed E-state index contributed by atoms with van der Waals surface area (Å²) < 4.78 is 13.7. The number of aliphatic hydroxyl groups excluding tert-OH is 1. The molecule has 1 aliphatic rings. The highest BCUT2D eigenvalue weighted by Gasteiger charge is 2.22. The molecule has 1 fully saturated rings. The smallest absolute Gasteiger partial charge is 0.126 e. The summed E-state index contributed by atoms with van der Waals surface area (Å²) in [4.78, 5) is 2.31. The molecule has 0 saturated carbocycles. The van der Waals surface area contributed by atoms with E-state index >= 15 is 0 Å². The lowest BCUT2D eigenvalue weighted by molar-refractivity contribution is 0.199. The summed E-state index contributed by atoms with van der Waals surface area (Å²) in [5.74, 6) is 0.477. The first kappa shape index (κ1) is 14.3. The van der Waals surface area contributed by atoms with Crippen molar-refractivity contribution in [3.8, 4) is 0 Å². The second kappa shape index (κ2) is 5.91. The van der Waals surface area contributed by atoms with Crippen molar-refractivity contribution in [1.29, 1.82) is 0 Å². The second-order valence-corrected chi connectivity index (χ2v) is 5.70. The van der Waals surface area contributed by atoms with Crippen molar-refractivity contribution in [3.05, 3.63) is 29.1 Å². The number of piperidine rings is 1. The quantitative estimate of drug-likeness (QED) is 0.898. The normalized spacial score (nSPS) is 21.5. The van der Waals surface area contributed by atoms with E-state index in [-0.39, 0.29) is 5.82 Å². The van der Waals surface area contributed by atoms with E-state index in [2.05, 4.69) is 11.8 Å². The summed E-state index contributed by atoms with van der Waals surface area (Å²) >= 11 is 0. The number of nitrogens with zero attached hydrogens (tertiary/aromatic N) is 1. The maximum atomic E-state index is 13.7. The van der Waals surface area contributed by atoms with E-state index in [9.17, 15) is 9.50 Å². The minimum absolute atomic E-state index is 0.233. The van der Waals surface area contributed by atoms with Crippen LogP contribution >= 0.6 is 0 Å². The van der Waals surface area contributed by atoms with Crippen LogP contribution in [0.15, 0.2) is 12.1 Å². The molecule has 2 atom stereocenters. The molecule has 1 heterocycles. The highest BCUT2D eigenvalue weighted by Crippen LogP contribution is 2.32. The topological polar surface area (TPSA) is 23.5 Å². The van der Waals surface area contributed by atoms with Gasteiger partial charge in [0.1, 0.15) is 5.82 Å². The van der Waals surface area contributed by atoms with Crippen molar-refractivity contribution in [2.75, 3.05) is 18.0 Å². The van der Waals surface area contributed by atoms with Crippen LogP contribution in [0.3, 0.4) is 0 Å². The lowest BCUT2D eigenvalue weighted by atomic mass is 9.94. The minimum Gasteiger partial charge on any atom is -0.389 e. The second-order valence-electron chi connectivity index (χ2n) is 5.70. The van der Waals surface area contributed by atoms with Gasteiger partial charge in [-0.2, -0.15) is 0 Å². The molecule has 0 amide bonds. The van der Waals surface area contributed by atoms with Gasteiger partial charge in [-0.15, -0.1) is 0 Å². The van der Waals surface area contributed by atoms with Crippen LogP contribution in [0.5, 0.6) is 0 Å². The molecule has 0 aromatic heterocycles. The molecule has 106 valence electrons. The Labute approximate surface area is 115 Å². The molecule has 3 heteroatoms. The van der Waals surface area contributed by atoms with E-state index in [4.69, 9.17) is 0 Å². The van der Waals surface area contributed by atoms with E-state index in [1.165, 1.54) is 25.3 Å². The Morgan fingerprint density at radius 3 is 2.84 bits per heavy atom. The van der Waals surface area contributed by atoms with E-state index in [0.29, 0.717) is 17.0 Å². The molecule has 2 rings (SSSR count). The van der Waals surface area contributed by atoms with Crippen molar-refractivity contribution in [3.63, 3.8) is 0 Å². The number of hydrogen-bond donors (Lipinski definition) is 1. The maximum absolute atomic E-state index is 13.7. The van der Waals surface area contributed by atoms with E-state index in [0.717, 1.165) is 18.8 Å². The average Bonchev–Trinajstić information content (AvgIpc) is 2.41. The van der Waals surface area contributed by atoms with Gasteiger partial charge in [0.2, 0.25) is 0 Å². The minimum atomic E-state index is -0.632. The first-order chi connectivity index (χ1) is 9.02. The fourth-order valence-corrected chi connectivity index (χ4v) is 2.91. The Balaban J connectivity index is 2.34. The Morgan fingerprint density at radius 2 is 2.21 bits per heavy atom. The fraction of sp³-hybridized carbons (Fsp3) is 0.625. The standard InChI is InChI=1S/C16H24FNO/c1-4-13-6-5-7-18(10-13)16-8-11(2)15(17)9-14(16)12(3)19/h8-9,12-13,19H,4-7,10H2,1-3H3/t12-,13?/m0/s1. The largest absolute Gasteiger partial charge is 0.389 e. The molecular weight excluding hydrogens is 241 g/mol. The number of rotatable bonds is 3. The zero-order chi connectivity index (χ0) is 14.0. The lowest BCUT2D eigenvalue weighted by Gasteiger charge is -2.36. The Morgan fingerprint density at radius 1 is 1.47 bits per heavy atom. The summed E-state index contributed by atoms with van der Waals surface area (Å²) in [6.45, 7) is 7.73. The molecule has 0 aliphatic carbocycles. The Bertz CT molecular complexity index is 445. The zero-order valence-electron chi connectivity index (χ0n) is 12.1. The van der Waals surface area contributed by atoms with E-state index in [1.807, 2.05) is 6.07 Å². The van der Waals surface area contributed by atoms with Crippen molar-refractivity contribution in [2.24, 2.45) is 5.92 Å². The Hall–Kier alpha value is -1.09. The fourth-order valence-electron chi connectivity index (χ4n) is 2.91. The summed E-state index contributed by atoms with van der Waals surface area (Å²) in [5, 5.41) is 9.88. The molecule has 1 aliphatic heterocycles. The molecule has 1 aromatic carbocycles. The molecule has 1 N–H and O–H groups in total. The molecular formula is C16H24FNO. The number of hydrogen-bond acceptors (Lipinski definition) is 2. The van der Waals surface area contributed by atoms with Gasteiger partial charge in [0.25, 0.3) is 0 Å². The van der Waals surface area contributed by atoms with Gasteiger partial charge in [-0.3, -0.25) is 0 Å². The number of aryl methyl sites for hydroxylation is 1. The molecule has 1 saturated heterocycles. The van der Waals surface area contributed by atoms with Crippen molar-refractivity contribution < 1.29 is 9.50 Å². The van der Waals surface area contributed by atoms with E-state index < -0.39 is 6.10 Å². The van der Waals surface area contributed by atoms with Gasteiger partial charge in [0, 0.05) is 24.3 Å². The van der Waals surface area contributed by atoms with Crippen LogP contribution in [0.2, 0.25) is 0 Å². The third-order valence-electron chi connectivity index (χ3n) is 4.20. The van der Waals surface area contributed by atoms with Crippen LogP contribution in [0, 0.1) is 18.7 Å². The SMILES string of the molecule is CCC1CCCN(c2cc(C)c(F)cc2[C@H](C)O)C1. The van der Waals surface area contributed by atoms with Gasteiger partial charge in [-0.1, -0.05) is 13.3 Å². The molecule has 19 heavy (non-hydrogen) atoms. The van der Waals surface area contributed by atoms with Crippen molar-refractivity contribution >= 4 is 5.69 Å². The van der Waals surface area contributed by atoms with Gasteiger partial charge in [0.15, 0.2) is 0 Å². The van der Waals surface area contributed by atoms with Crippen LogP contribution in [0.4, 0.5) is 10.1 Å². The summed E-state index contributed by atoms with van der Waals surface area (Å²) in [5.41, 5.74) is 2.37. The third-order valence-corrected chi connectivity index (χ3v) is 4.20. The van der Waals surface area contributed by atoms with Gasteiger partial charge in [-0.25, -0.2) is 4.39 Å². The van der Waals surface area contributed by atoms with Gasteiger partial charge in [0.05, 0.1) is 6.10 Å². The number of halogens is 1. The van der Waals surface area contributed by atoms with Crippen LogP contribution in [0.1, 0.15) is 50.3 Å². The molecule has 1 unspecified atom stereocenters. The third kappa shape index (κ3) is 3.08. The lowest BCUT2D eigenvalue weighted by Crippen LogP contribution is -2.36. The predicted octanol–water partition coefficient (Wildman–Crippen LogP) is 3.81.